The van der Waals surface area contributed by atoms with Crippen LogP contribution in [0.15, 0.2) is 24.3 Å². The van der Waals surface area contributed by atoms with E-state index in [2.05, 4.69) is 24.4 Å². The quantitative estimate of drug-likeness (QED) is 0.885. The van der Waals surface area contributed by atoms with E-state index in [0.29, 0.717) is 18.2 Å². The Labute approximate surface area is 151 Å². The van der Waals surface area contributed by atoms with Crippen LogP contribution in [0.25, 0.3) is 0 Å². The Bertz CT molecular complexity index is 507. The summed E-state index contributed by atoms with van der Waals surface area (Å²) >= 11 is 0. The van der Waals surface area contributed by atoms with Crippen molar-refractivity contribution >= 4 is 18.3 Å². The number of likely N-dealkylation sites (tertiary alicyclic amines) is 1. The van der Waals surface area contributed by atoms with Crippen LogP contribution < -0.4 is 10.1 Å². The molecule has 0 bridgehead atoms. The molecule has 1 amide bonds. The number of nitrogens with zero attached hydrogens (tertiary/aromatic N) is 1. The summed E-state index contributed by atoms with van der Waals surface area (Å²) in [6.45, 7) is 5.94. The number of hydrogen-bond donors (Lipinski definition) is 1. The Hall–Kier alpha value is -1.26. The van der Waals surface area contributed by atoms with Gasteiger partial charge < -0.3 is 15.0 Å². The molecule has 1 unspecified atom stereocenters. The van der Waals surface area contributed by atoms with E-state index in [4.69, 9.17) is 4.74 Å². The van der Waals surface area contributed by atoms with Crippen LogP contribution in [0, 0.1) is 12.8 Å². The Balaban J connectivity index is 0.00000208. The largest absolute Gasteiger partial charge is 0.490 e. The molecule has 5 heteroatoms. The zero-order chi connectivity index (χ0) is 16.1. The minimum Gasteiger partial charge on any atom is -0.490 e. The number of carbonyl (C=O) groups excluding carboxylic acids is 1. The van der Waals surface area contributed by atoms with E-state index < -0.39 is 0 Å². The zero-order valence-corrected chi connectivity index (χ0v) is 15.3. The molecule has 0 spiro atoms. The summed E-state index contributed by atoms with van der Waals surface area (Å²) in [4.78, 5) is 14.3. The molecular formula is C19H29ClN2O2. The minimum absolute atomic E-state index is 0. The van der Waals surface area contributed by atoms with E-state index in [0.717, 1.165) is 51.2 Å². The second kappa shape index (κ2) is 9.28. The molecule has 2 aliphatic heterocycles. The van der Waals surface area contributed by atoms with Crippen LogP contribution >= 0.6 is 12.4 Å². The van der Waals surface area contributed by atoms with Gasteiger partial charge in [0, 0.05) is 32.4 Å². The molecule has 2 heterocycles. The van der Waals surface area contributed by atoms with Gasteiger partial charge in [0.2, 0.25) is 5.91 Å². The van der Waals surface area contributed by atoms with Crippen LogP contribution in [0.2, 0.25) is 0 Å². The van der Waals surface area contributed by atoms with Crippen molar-refractivity contribution in [2.75, 3.05) is 26.2 Å². The third-order valence-electron chi connectivity index (χ3n) is 5.05. The van der Waals surface area contributed by atoms with Crippen molar-refractivity contribution in [1.82, 2.24) is 10.2 Å². The van der Waals surface area contributed by atoms with Crippen molar-refractivity contribution in [3.63, 3.8) is 0 Å². The van der Waals surface area contributed by atoms with E-state index in [1.807, 2.05) is 17.0 Å². The van der Waals surface area contributed by atoms with E-state index in [1.54, 1.807) is 0 Å². The lowest BCUT2D eigenvalue weighted by Crippen LogP contribution is -2.41. The zero-order valence-electron chi connectivity index (χ0n) is 14.5. The van der Waals surface area contributed by atoms with E-state index in [-0.39, 0.29) is 18.5 Å². The highest BCUT2D eigenvalue weighted by molar-refractivity contribution is 5.85. The molecule has 0 saturated carbocycles. The fraction of sp³-hybridized carbons (Fsp3) is 0.632. The summed E-state index contributed by atoms with van der Waals surface area (Å²) in [5.41, 5.74) is 1.25. The fourth-order valence-electron chi connectivity index (χ4n) is 3.48. The van der Waals surface area contributed by atoms with E-state index in [1.165, 1.54) is 12.0 Å². The van der Waals surface area contributed by atoms with Gasteiger partial charge in [-0.1, -0.05) is 17.7 Å². The Morgan fingerprint density at radius 3 is 2.54 bits per heavy atom. The van der Waals surface area contributed by atoms with Crippen molar-refractivity contribution in [2.24, 2.45) is 5.92 Å². The number of ether oxygens (including phenoxy) is 1. The number of amides is 1. The second-order valence-electron chi connectivity index (χ2n) is 6.91. The molecule has 2 aliphatic rings. The second-order valence-corrected chi connectivity index (χ2v) is 6.91. The molecule has 2 saturated heterocycles. The van der Waals surface area contributed by atoms with Gasteiger partial charge in [0.1, 0.15) is 11.9 Å². The van der Waals surface area contributed by atoms with Crippen LogP contribution in [0.4, 0.5) is 0 Å². The summed E-state index contributed by atoms with van der Waals surface area (Å²) in [6, 6.07) is 8.21. The van der Waals surface area contributed by atoms with Gasteiger partial charge >= 0.3 is 0 Å². The van der Waals surface area contributed by atoms with Gasteiger partial charge in [0.15, 0.2) is 0 Å². The molecule has 24 heavy (non-hydrogen) atoms. The predicted octanol–water partition coefficient (Wildman–Crippen LogP) is 3.18. The highest BCUT2D eigenvalue weighted by Gasteiger charge is 2.24. The van der Waals surface area contributed by atoms with Gasteiger partial charge in [-0.05, 0) is 50.9 Å². The highest BCUT2D eigenvalue weighted by atomic mass is 35.5. The smallest absolute Gasteiger partial charge is 0.222 e. The molecule has 3 rings (SSSR count). The van der Waals surface area contributed by atoms with Crippen molar-refractivity contribution in [1.29, 1.82) is 0 Å². The summed E-state index contributed by atoms with van der Waals surface area (Å²) in [5, 5.41) is 3.37. The number of hydrogen-bond acceptors (Lipinski definition) is 3. The molecule has 1 N–H and O–H groups in total. The average Bonchev–Trinajstić information content (AvgIpc) is 3.09. The van der Waals surface area contributed by atoms with Crippen molar-refractivity contribution < 1.29 is 9.53 Å². The Kier molecular flexibility index (Phi) is 7.38. The monoisotopic (exact) mass is 352 g/mol. The lowest BCUT2D eigenvalue weighted by molar-refractivity contribution is -0.133. The fourth-order valence-corrected chi connectivity index (χ4v) is 3.48. The first-order valence-electron chi connectivity index (χ1n) is 8.92. The molecule has 1 aromatic rings. The highest BCUT2D eigenvalue weighted by Crippen LogP contribution is 2.21. The van der Waals surface area contributed by atoms with E-state index >= 15 is 0 Å². The van der Waals surface area contributed by atoms with Crippen LogP contribution in [0.3, 0.4) is 0 Å². The third-order valence-corrected chi connectivity index (χ3v) is 5.05. The normalized spacial score (nSPS) is 21.4. The first-order valence-corrected chi connectivity index (χ1v) is 8.92. The maximum Gasteiger partial charge on any atom is 0.222 e. The number of benzene rings is 1. The molecular weight excluding hydrogens is 324 g/mol. The Morgan fingerprint density at radius 2 is 1.92 bits per heavy atom. The predicted molar refractivity (Wildman–Crippen MR) is 98.9 cm³/mol. The van der Waals surface area contributed by atoms with Crippen molar-refractivity contribution in [3.05, 3.63) is 29.8 Å². The minimum atomic E-state index is 0. The first kappa shape index (κ1) is 19.1. The first-order chi connectivity index (χ1) is 11.2. The summed E-state index contributed by atoms with van der Waals surface area (Å²) in [7, 11) is 0. The van der Waals surface area contributed by atoms with Crippen molar-refractivity contribution in [3.8, 4) is 5.75 Å². The van der Waals surface area contributed by atoms with Gasteiger partial charge in [-0.3, -0.25) is 4.79 Å². The molecule has 4 nitrogen and oxygen atoms in total. The summed E-state index contributed by atoms with van der Waals surface area (Å²) in [5.74, 6) is 1.96. The average molecular weight is 353 g/mol. The topological polar surface area (TPSA) is 41.6 Å². The van der Waals surface area contributed by atoms with Crippen LogP contribution in [0.1, 0.15) is 37.7 Å². The molecule has 134 valence electrons. The van der Waals surface area contributed by atoms with Crippen LogP contribution in [0.5, 0.6) is 5.75 Å². The number of halogens is 1. The molecule has 2 fully saturated rings. The van der Waals surface area contributed by atoms with Gasteiger partial charge in [-0.15, -0.1) is 12.4 Å². The van der Waals surface area contributed by atoms with Crippen LogP contribution in [-0.2, 0) is 4.79 Å². The number of aryl methyl sites for hydroxylation is 1. The number of carbonyl (C=O) groups is 1. The standard InChI is InChI=1S/C19H28N2O2.ClH/c1-15-2-5-17(6-3-15)23-18-9-12-21(13-10-18)19(22)7-4-16-8-11-20-14-16;/h2-3,5-6,16,18,20H,4,7-14H2,1H3;1H. The Morgan fingerprint density at radius 1 is 1.21 bits per heavy atom. The maximum atomic E-state index is 12.3. The lowest BCUT2D eigenvalue weighted by Gasteiger charge is -2.32. The molecule has 0 aliphatic carbocycles. The number of rotatable bonds is 5. The van der Waals surface area contributed by atoms with Gasteiger partial charge in [-0.25, -0.2) is 0 Å². The molecule has 0 radical (unpaired) electrons. The van der Waals surface area contributed by atoms with E-state index in [9.17, 15) is 4.79 Å². The SMILES string of the molecule is Cc1ccc(OC2CCN(C(=O)CCC3CCNC3)CC2)cc1.Cl. The molecule has 1 atom stereocenters. The van der Waals surface area contributed by atoms with Gasteiger partial charge in [-0.2, -0.15) is 0 Å². The van der Waals surface area contributed by atoms with Gasteiger partial charge in [0.05, 0.1) is 0 Å². The summed E-state index contributed by atoms with van der Waals surface area (Å²) in [6.07, 6.45) is 5.07. The lowest BCUT2D eigenvalue weighted by atomic mass is 10.0. The van der Waals surface area contributed by atoms with Crippen LogP contribution in [-0.4, -0.2) is 43.1 Å². The molecule has 0 aromatic heterocycles. The van der Waals surface area contributed by atoms with Crippen molar-refractivity contribution in [2.45, 2.75) is 45.1 Å². The third kappa shape index (κ3) is 5.38. The number of piperidine rings is 1. The summed E-state index contributed by atoms with van der Waals surface area (Å²) < 4.78 is 6.03. The van der Waals surface area contributed by atoms with Gasteiger partial charge in [0.25, 0.3) is 0 Å². The molecule has 1 aromatic carbocycles. The maximum absolute atomic E-state index is 12.3. The number of nitrogens with one attached hydrogen (secondary N) is 1.